The van der Waals surface area contributed by atoms with Crippen LogP contribution in [0.2, 0.25) is 0 Å². The summed E-state index contributed by atoms with van der Waals surface area (Å²) in [6.07, 6.45) is 1.04. The lowest BCUT2D eigenvalue weighted by Gasteiger charge is -2.08. The van der Waals surface area contributed by atoms with E-state index >= 15 is 0 Å². The fraction of sp³-hybridized carbons (Fsp3) is 0.500. The maximum atomic E-state index is 13.4. The third-order valence-electron chi connectivity index (χ3n) is 2.68. The van der Waals surface area contributed by atoms with E-state index in [2.05, 4.69) is 24.2 Å². The lowest BCUT2D eigenvalue weighted by Crippen LogP contribution is -2.32. The number of rotatable bonds is 6. The van der Waals surface area contributed by atoms with Crippen LogP contribution in [0.4, 0.5) is 4.39 Å². The Bertz CT molecular complexity index is 438. The predicted molar refractivity (Wildman–Crippen MR) is 91.2 cm³/mol. The number of halogens is 2. The molecule has 0 bridgehead atoms. The summed E-state index contributed by atoms with van der Waals surface area (Å²) in [7, 11) is 1.44. The van der Waals surface area contributed by atoms with Crippen molar-refractivity contribution in [2.24, 2.45) is 16.6 Å². The maximum Gasteiger partial charge on any atom is 0.188 e. The molecule has 0 heterocycles. The molecule has 0 amide bonds. The normalized spacial score (nSPS) is 11.2. The lowest BCUT2D eigenvalue weighted by atomic mass is 10.1. The Hall–Kier alpha value is -1.05. The smallest absolute Gasteiger partial charge is 0.188 e. The maximum absolute atomic E-state index is 13.4. The molecule has 0 saturated carbocycles. The third-order valence-corrected chi connectivity index (χ3v) is 2.68. The van der Waals surface area contributed by atoms with Crippen molar-refractivity contribution in [3.05, 3.63) is 29.6 Å². The first kappa shape index (κ1) is 18.9. The summed E-state index contributed by atoms with van der Waals surface area (Å²) in [5, 5.41) is 3.03. The van der Waals surface area contributed by atoms with Crippen LogP contribution in [0, 0.1) is 11.7 Å². The molecule has 3 N–H and O–H groups in total. The Balaban J connectivity index is 0.00000361. The molecule has 0 aliphatic carbocycles. The number of benzene rings is 1. The number of methoxy groups -OCH3 is 1. The van der Waals surface area contributed by atoms with Crippen LogP contribution in [-0.2, 0) is 6.54 Å². The second-order valence-electron chi connectivity index (χ2n) is 4.78. The number of ether oxygens (including phenoxy) is 1. The van der Waals surface area contributed by atoms with Crippen molar-refractivity contribution in [1.82, 2.24) is 5.32 Å². The van der Waals surface area contributed by atoms with Gasteiger partial charge >= 0.3 is 0 Å². The molecule has 1 aromatic carbocycles. The summed E-state index contributed by atoms with van der Waals surface area (Å²) < 4.78 is 18.3. The first-order valence-electron chi connectivity index (χ1n) is 6.39. The van der Waals surface area contributed by atoms with Crippen LogP contribution in [0.3, 0.4) is 0 Å². The molecule has 0 saturated heterocycles. The number of aliphatic imine (C=N–C) groups is 1. The van der Waals surface area contributed by atoms with E-state index in [1.807, 2.05) is 0 Å². The molecule has 4 nitrogen and oxygen atoms in total. The summed E-state index contributed by atoms with van der Waals surface area (Å²) in [6, 6.07) is 4.76. The van der Waals surface area contributed by atoms with E-state index in [0.29, 0.717) is 18.4 Å². The van der Waals surface area contributed by atoms with Gasteiger partial charge < -0.3 is 15.8 Å². The quantitative estimate of drug-likeness (QED) is 0.443. The molecule has 6 heteroatoms. The number of nitrogens with one attached hydrogen (secondary N) is 1. The Morgan fingerprint density at radius 2 is 2.15 bits per heavy atom. The zero-order valence-corrected chi connectivity index (χ0v) is 14.5. The molecule has 0 aliphatic heterocycles. The van der Waals surface area contributed by atoms with Crippen LogP contribution in [0.15, 0.2) is 23.2 Å². The summed E-state index contributed by atoms with van der Waals surface area (Å²) >= 11 is 0. The number of guanidine groups is 1. The number of hydrogen-bond acceptors (Lipinski definition) is 2. The van der Waals surface area contributed by atoms with Crippen molar-refractivity contribution in [3.8, 4) is 5.75 Å². The van der Waals surface area contributed by atoms with Crippen LogP contribution >= 0.6 is 24.0 Å². The monoisotopic (exact) mass is 395 g/mol. The largest absolute Gasteiger partial charge is 0.494 e. The van der Waals surface area contributed by atoms with E-state index in [9.17, 15) is 4.39 Å². The van der Waals surface area contributed by atoms with Gasteiger partial charge in [-0.25, -0.2) is 9.38 Å². The molecule has 1 aromatic rings. The zero-order chi connectivity index (χ0) is 14.3. The van der Waals surface area contributed by atoms with Crippen LogP contribution in [-0.4, -0.2) is 19.6 Å². The van der Waals surface area contributed by atoms with Gasteiger partial charge in [0.2, 0.25) is 0 Å². The van der Waals surface area contributed by atoms with Gasteiger partial charge in [0.15, 0.2) is 17.5 Å². The van der Waals surface area contributed by atoms with Gasteiger partial charge in [0.25, 0.3) is 0 Å². The predicted octanol–water partition coefficient (Wildman–Crippen LogP) is 2.90. The molecule has 114 valence electrons. The van der Waals surface area contributed by atoms with Gasteiger partial charge in [0.1, 0.15) is 0 Å². The van der Waals surface area contributed by atoms with Gasteiger partial charge in [-0.05, 0) is 30.0 Å². The van der Waals surface area contributed by atoms with E-state index < -0.39 is 0 Å². The number of nitrogens with zero attached hydrogens (tertiary/aromatic N) is 1. The van der Waals surface area contributed by atoms with Crippen molar-refractivity contribution < 1.29 is 9.13 Å². The van der Waals surface area contributed by atoms with E-state index in [-0.39, 0.29) is 35.5 Å². The Labute approximate surface area is 137 Å². The van der Waals surface area contributed by atoms with E-state index in [4.69, 9.17) is 10.5 Å². The highest BCUT2D eigenvalue weighted by atomic mass is 127. The van der Waals surface area contributed by atoms with E-state index in [0.717, 1.165) is 18.5 Å². The average molecular weight is 395 g/mol. The van der Waals surface area contributed by atoms with Gasteiger partial charge in [0.05, 0.1) is 13.7 Å². The first-order valence-corrected chi connectivity index (χ1v) is 6.39. The Kier molecular flexibility index (Phi) is 9.28. The highest BCUT2D eigenvalue weighted by Crippen LogP contribution is 2.17. The minimum atomic E-state index is -0.387. The van der Waals surface area contributed by atoms with Crippen LogP contribution in [0.5, 0.6) is 5.75 Å². The summed E-state index contributed by atoms with van der Waals surface area (Å²) in [5.41, 5.74) is 6.48. The molecular formula is C14H23FIN3O. The Morgan fingerprint density at radius 3 is 2.70 bits per heavy atom. The van der Waals surface area contributed by atoms with Crippen molar-refractivity contribution >= 4 is 29.9 Å². The number of nitrogens with two attached hydrogens (primary N) is 1. The fourth-order valence-electron chi connectivity index (χ4n) is 1.53. The molecule has 20 heavy (non-hydrogen) atoms. The van der Waals surface area contributed by atoms with Gasteiger partial charge in [0, 0.05) is 6.54 Å². The van der Waals surface area contributed by atoms with Crippen LogP contribution in [0.1, 0.15) is 25.8 Å². The minimum absolute atomic E-state index is 0. The van der Waals surface area contributed by atoms with Gasteiger partial charge in [-0.2, -0.15) is 0 Å². The second kappa shape index (κ2) is 9.79. The second-order valence-corrected chi connectivity index (χ2v) is 4.78. The van der Waals surface area contributed by atoms with Crippen molar-refractivity contribution in [2.75, 3.05) is 13.7 Å². The van der Waals surface area contributed by atoms with Crippen LogP contribution < -0.4 is 15.8 Å². The number of hydrogen-bond donors (Lipinski definition) is 2. The van der Waals surface area contributed by atoms with E-state index in [1.165, 1.54) is 13.2 Å². The molecule has 0 aromatic heterocycles. The molecule has 1 rings (SSSR count). The third kappa shape index (κ3) is 6.93. The van der Waals surface area contributed by atoms with Crippen molar-refractivity contribution in [1.29, 1.82) is 0 Å². The first-order chi connectivity index (χ1) is 9.02. The Morgan fingerprint density at radius 1 is 1.45 bits per heavy atom. The summed E-state index contributed by atoms with van der Waals surface area (Å²) in [5.74, 6) is 0.852. The molecule has 0 aliphatic rings. The van der Waals surface area contributed by atoms with Gasteiger partial charge in [-0.1, -0.05) is 19.9 Å². The van der Waals surface area contributed by atoms with Gasteiger partial charge in [-0.3, -0.25) is 0 Å². The molecule has 0 radical (unpaired) electrons. The topological polar surface area (TPSA) is 59.6 Å². The SMILES string of the molecule is COc1ccc(CN=C(N)NCCC(C)C)cc1F.I. The molecular weight excluding hydrogens is 372 g/mol. The zero-order valence-electron chi connectivity index (χ0n) is 12.1. The molecule has 0 spiro atoms. The standard InChI is InChI=1S/C14H22FN3O.HI/c1-10(2)6-7-17-14(16)18-9-11-4-5-13(19-3)12(15)8-11;/h4-5,8,10H,6-7,9H2,1-3H3,(H3,16,17,18);1H. The van der Waals surface area contributed by atoms with Crippen LogP contribution in [0.25, 0.3) is 0 Å². The highest BCUT2D eigenvalue weighted by Gasteiger charge is 2.03. The average Bonchev–Trinajstić information content (AvgIpc) is 2.36. The molecule has 0 atom stereocenters. The minimum Gasteiger partial charge on any atom is -0.494 e. The summed E-state index contributed by atoms with van der Waals surface area (Å²) in [4.78, 5) is 4.16. The highest BCUT2D eigenvalue weighted by molar-refractivity contribution is 14.0. The fourth-order valence-corrected chi connectivity index (χ4v) is 1.53. The van der Waals surface area contributed by atoms with Crippen molar-refractivity contribution in [2.45, 2.75) is 26.8 Å². The van der Waals surface area contributed by atoms with E-state index in [1.54, 1.807) is 12.1 Å². The molecule has 0 fully saturated rings. The summed E-state index contributed by atoms with van der Waals surface area (Å²) in [6.45, 7) is 5.44. The van der Waals surface area contributed by atoms with Crippen molar-refractivity contribution in [3.63, 3.8) is 0 Å². The molecule has 0 unspecified atom stereocenters. The van der Waals surface area contributed by atoms with Gasteiger partial charge in [-0.15, -0.1) is 24.0 Å². The lowest BCUT2D eigenvalue weighted by molar-refractivity contribution is 0.386.